The molecule has 0 saturated heterocycles. The van der Waals surface area contributed by atoms with Crippen molar-refractivity contribution in [1.82, 2.24) is 5.32 Å². The summed E-state index contributed by atoms with van der Waals surface area (Å²) in [6.45, 7) is 1.78. The number of Topliss-reactive ketones (excluding diaryl/α,β-unsaturated/α-hetero) is 1. The summed E-state index contributed by atoms with van der Waals surface area (Å²) in [5, 5.41) is 3.30. The molecule has 0 fully saturated rings. The first kappa shape index (κ1) is 13.8. The van der Waals surface area contributed by atoms with Crippen LogP contribution in [0.3, 0.4) is 0 Å². The van der Waals surface area contributed by atoms with Gasteiger partial charge in [0, 0.05) is 25.1 Å². The van der Waals surface area contributed by atoms with Gasteiger partial charge in [-0.3, -0.25) is 4.79 Å². The molecule has 3 rings (SSSR count). The molecule has 2 aromatic rings. The van der Waals surface area contributed by atoms with Crippen LogP contribution in [0.4, 0.5) is 0 Å². The van der Waals surface area contributed by atoms with E-state index < -0.39 is 0 Å². The van der Waals surface area contributed by atoms with Crippen molar-refractivity contribution in [1.29, 1.82) is 0 Å². The SMILES string of the molecule is COc1ccc(CCC(=O)c2ccc3c(c2)CNC3)cc1. The summed E-state index contributed by atoms with van der Waals surface area (Å²) in [6, 6.07) is 13.9. The van der Waals surface area contributed by atoms with Crippen LogP contribution in [-0.4, -0.2) is 12.9 Å². The summed E-state index contributed by atoms with van der Waals surface area (Å²) >= 11 is 0. The fraction of sp³-hybridized carbons (Fsp3) is 0.278. The maximum atomic E-state index is 12.3. The van der Waals surface area contributed by atoms with E-state index >= 15 is 0 Å². The second kappa shape index (κ2) is 6.10. The molecule has 0 amide bonds. The fourth-order valence-electron chi connectivity index (χ4n) is 2.66. The molecule has 0 radical (unpaired) electrons. The average Bonchev–Trinajstić information content (AvgIpc) is 3.00. The van der Waals surface area contributed by atoms with Crippen LogP contribution in [0.2, 0.25) is 0 Å². The van der Waals surface area contributed by atoms with E-state index in [0.717, 1.165) is 36.4 Å². The largest absolute Gasteiger partial charge is 0.497 e. The number of ether oxygens (including phenoxy) is 1. The molecule has 0 spiro atoms. The minimum Gasteiger partial charge on any atom is -0.497 e. The molecule has 108 valence electrons. The maximum Gasteiger partial charge on any atom is 0.163 e. The standard InChI is InChI=1S/C18H19NO2/c1-21-17-7-2-13(3-8-17)4-9-18(20)14-5-6-15-11-19-12-16(15)10-14/h2-3,5-8,10,19H,4,9,11-12H2,1H3. The highest BCUT2D eigenvalue weighted by Crippen LogP contribution is 2.19. The van der Waals surface area contributed by atoms with Crippen molar-refractivity contribution in [3.63, 3.8) is 0 Å². The number of carbonyl (C=O) groups excluding carboxylic acids is 1. The van der Waals surface area contributed by atoms with Gasteiger partial charge in [-0.25, -0.2) is 0 Å². The second-order valence-corrected chi connectivity index (χ2v) is 5.36. The maximum absolute atomic E-state index is 12.3. The molecule has 21 heavy (non-hydrogen) atoms. The zero-order chi connectivity index (χ0) is 14.7. The van der Waals surface area contributed by atoms with E-state index in [1.165, 1.54) is 11.1 Å². The van der Waals surface area contributed by atoms with Crippen molar-refractivity contribution in [2.45, 2.75) is 25.9 Å². The Morgan fingerprint density at radius 2 is 1.86 bits per heavy atom. The Hall–Kier alpha value is -2.13. The number of nitrogens with one attached hydrogen (secondary N) is 1. The molecule has 0 unspecified atom stereocenters. The van der Waals surface area contributed by atoms with Crippen molar-refractivity contribution in [2.75, 3.05) is 7.11 Å². The third-order valence-corrected chi connectivity index (χ3v) is 3.96. The Labute approximate surface area is 124 Å². The monoisotopic (exact) mass is 281 g/mol. The van der Waals surface area contributed by atoms with E-state index in [1.807, 2.05) is 36.4 Å². The number of hydrogen-bond acceptors (Lipinski definition) is 3. The van der Waals surface area contributed by atoms with Crippen molar-refractivity contribution < 1.29 is 9.53 Å². The molecule has 0 aromatic heterocycles. The van der Waals surface area contributed by atoms with Gasteiger partial charge in [-0.2, -0.15) is 0 Å². The van der Waals surface area contributed by atoms with Crippen LogP contribution < -0.4 is 10.1 Å². The zero-order valence-corrected chi connectivity index (χ0v) is 12.2. The van der Waals surface area contributed by atoms with Gasteiger partial charge >= 0.3 is 0 Å². The number of carbonyl (C=O) groups is 1. The van der Waals surface area contributed by atoms with Crippen LogP contribution in [-0.2, 0) is 19.5 Å². The van der Waals surface area contributed by atoms with Gasteiger partial charge in [-0.1, -0.05) is 24.3 Å². The average molecular weight is 281 g/mol. The molecule has 1 aliphatic rings. The van der Waals surface area contributed by atoms with Crippen LogP contribution in [0.15, 0.2) is 42.5 Å². The minimum absolute atomic E-state index is 0.209. The fourth-order valence-corrected chi connectivity index (χ4v) is 2.66. The van der Waals surface area contributed by atoms with E-state index in [1.54, 1.807) is 7.11 Å². The van der Waals surface area contributed by atoms with Gasteiger partial charge in [0.15, 0.2) is 5.78 Å². The molecule has 1 aliphatic heterocycles. The van der Waals surface area contributed by atoms with Gasteiger partial charge in [0.05, 0.1) is 7.11 Å². The molecule has 0 aliphatic carbocycles. The number of fused-ring (bicyclic) bond motifs is 1. The smallest absolute Gasteiger partial charge is 0.163 e. The van der Waals surface area contributed by atoms with E-state index in [4.69, 9.17) is 4.74 Å². The van der Waals surface area contributed by atoms with Crippen LogP contribution in [0.1, 0.15) is 33.5 Å². The van der Waals surface area contributed by atoms with Crippen molar-refractivity contribution in [3.8, 4) is 5.75 Å². The number of aryl methyl sites for hydroxylation is 1. The van der Waals surface area contributed by atoms with E-state index in [0.29, 0.717) is 6.42 Å². The topological polar surface area (TPSA) is 38.3 Å². The molecular formula is C18H19NO2. The van der Waals surface area contributed by atoms with Gasteiger partial charge in [0.2, 0.25) is 0 Å². The molecule has 3 nitrogen and oxygen atoms in total. The molecule has 1 N–H and O–H groups in total. The van der Waals surface area contributed by atoms with Crippen molar-refractivity contribution >= 4 is 5.78 Å². The predicted molar refractivity (Wildman–Crippen MR) is 82.6 cm³/mol. The number of ketones is 1. The lowest BCUT2D eigenvalue weighted by molar-refractivity contribution is 0.0983. The van der Waals surface area contributed by atoms with Crippen molar-refractivity contribution in [2.24, 2.45) is 0 Å². The second-order valence-electron chi connectivity index (χ2n) is 5.36. The Bertz CT molecular complexity index is 647. The summed E-state index contributed by atoms with van der Waals surface area (Å²) in [6.07, 6.45) is 1.30. The summed E-state index contributed by atoms with van der Waals surface area (Å²) in [5.74, 6) is 1.05. The summed E-state index contributed by atoms with van der Waals surface area (Å²) < 4.78 is 5.13. The third-order valence-electron chi connectivity index (χ3n) is 3.96. The lowest BCUT2D eigenvalue weighted by Gasteiger charge is -2.05. The first-order chi connectivity index (χ1) is 10.3. The van der Waals surface area contributed by atoms with Crippen LogP contribution in [0.25, 0.3) is 0 Å². The van der Waals surface area contributed by atoms with Gasteiger partial charge in [0.1, 0.15) is 5.75 Å². The number of rotatable bonds is 5. The van der Waals surface area contributed by atoms with E-state index in [2.05, 4.69) is 11.4 Å². The first-order valence-electron chi connectivity index (χ1n) is 7.25. The van der Waals surface area contributed by atoms with Gasteiger partial charge in [-0.05, 0) is 41.3 Å². The van der Waals surface area contributed by atoms with Gasteiger partial charge < -0.3 is 10.1 Å². The first-order valence-corrected chi connectivity index (χ1v) is 7.25. The summed E-state index contributed by atoms with van der Waals surface area (Å²) in [5.41, 5.74) is 4.55. The van der Waals surface area contributed by atoms with Crippen LogP contribution in [0.5, 0.6) is 5.75 Å². The van der Waals surface area contributed by atoms with E-state index in [9.17, 15) is 4.79 Å². The highest BCUT2D eigenvalue weighted by atomic mass is 16.5. The molecule has 0 saturated carbocycles. The van der Waals surface area contributed by atoms with E-state index in [-0.39, 0.29) is 5.78 Å². The quantitative estimate of drug-likeness (QED) is 0.856. The van der Waals surface area contributed by atoms with Gasteiger partial charge in [0.25, 0.3) is 0 Å². The molecule has 0 bridgehead atoms. The lowest BCUT2D eigenvalue weighted by atomic mass is 9.99. The Morgan fingerprint density at radius 1 is 1.10 bits per heavy atom. The molecule has 1 heterocycles. The highest BCUT2D eigenvalue weighted by Gasteiger charge is 2.13. The Morgan fingerprint density at radius 3 is 2.62 bits per heavy atom. The molecule has 3 heteroatoms. The Kier molecular flexibility index (Phi) is 4.02. The number of benzene rings is 2. The summed E-state index contributed by atoms with van der Waals surface area (Å²) in [7, 11) is 1.65. The van der Waals surface area contributed by atoms with Crippen molar-refractivity contribution in [3.05, 3.63) is 64.7 Å². The molecule has 2 aromatic carbocycles. The molecule has 0 atom stereocenters. The highest BCUT2D eigenvalue weighted by molar-refractivity contribution is 5.96. The zero-order valence-electron chi connectivity index (χ0n) is 12.2. The summed E-state index contributed by atoms with van der Waals surface area (Å²) in [4.78, 5) is 12.3. The Balaban J connectivity index is 1.63. The number of hydrogen-bond donors (Lipinski definition) is 1. The third kappa shape index (κ3) is 3.14. The lowest BCUT2D eigenvalue weighted by Crippen LogP contribution is -2.02. The van der Waals surface area contributed by atoms with Crippen LogP contribution in [0, 0.1) is 0 Å². The number of methoxy groups -OCH3 is 1. The van der Waals surface area contributed by atoms with Crippen LogP contribution >= 0.6 is 0 Å². The predicted octanol–water partition coefficient (Wildman–Crippen LogP) is 3.11. The normalized spacial score (nSPS) is 13.0. The molecular weight excluding hydrogens is 262 g/mol. The minimum atomic E-state index is 0.209. The van der Waals surface area contributed by atoms with Gasteiger partial charge in [-0.15, -0.1) is 0 Å².